The second kappa shape index (κ2) is 5.61. The maximum atomic E-state index is 12.3. The van der Waals surface area contributed by atoms with Crippen molar-refractivity contribution in [1.29, 1.82) is 0 Å². The highest BCUT2D eigenvalue weighted by Crippen LogP contribution is 2.30. The summed E-state index contributed by atoms with van der Waals surface area (Å²) in [6.45, 7) is 3.45. The summed E-state index contributed by atoms with van der Waals surface area (Å²) in [7, 11) is 0. The van der Waals surface area contributed by atoms with Crippen LogP contribution in [0.25, 0.3) is 11.0 Å². The summed E-state index contributed by atoms with van der Waals surface area (Å²) < 4.78 is 5.37. The van der Waals surface area contributed by atoms with Crippen LogP contribution in [0, 0.1) is 6.92 Å². The summed E-state index contributed by atoms with van der Waals surface area (Å²) in [4.78, 5) is 16.6. The predicted molar refractivity (Wildman–Crippen MR) is 91.6 cm³/mol. The van der Waals surface area contributed by atoms with Gasteiger partial charge in [-0.05, 0) is 37.6 Å². The van der Waals surface area contributed by atoms with Gasteiger partial charge in [0, 0.05) is 0 Å². The molecule has 3 aromatic rings. The number of nitrogens with zero attached hydrogens (tertiary/aromatic N) is 1. The van der Waals surface area contributed by atoms with Crippen molar-refractivity contribution in [3.8, 4) is 5.75 Å². The zero-order chi connectivity index (χ0) is 16.6. The summed E-state index contributed by atoms with van der Waals surface area (Å²) in [5.74, 6) is -0.129. The number of rotatable bonds is 2. The number of anilines is 1. The summed E-state index contributed by atoms with van der Waals surface area (Å²) >= 11 is 0. The number of hydrogen-bond acceptors (Lipinski definition) is 5. The Hall–Kier alpha value is -3.08. The molecule has 3 N–H and O–H groups in total. The van der Waals surface area contributed by atoms with Crippen molar-refractivity contribution < 1.29 is 9.52 Å². The maximum absolute atomic E-state index is 12.3. The summed E-state index contributed by atoms with van der Waals surface area (Å²) in [5, 5.41) is 11.0. The normalized spacial score (nSPS) is 11.8. The molecule has 3 rings (SSSR count). The van der Waals surface area contributed by atoms with Gasteiger partial charge in [-0.3, -0.25) is 4.99 Å². The Kier molecular flexibility index (Phi) is 3.62. The third kappa shape index (κ3) is 2.57. The average molecular weight is 308 g/mol. The van der Waals surface area contributed by atoms with E-state index in [1.165, 1.54) is 0 Å². The molecule has 1 heterocycles. The van der Waals surface area contributed by atoms with Crippen molar-refractivity contribution in [2.45, 2.75) is 13.8 Å². The van der Waals surface area contributed by atoms with E-state index in [0.29, 0.717) is 28.1 Å². The first kappa shape index (κ1) is 14.8. The van der Waals surface area contributed by atoms with Crippen LogP contribution in [0.4, 0.5) is 11.4 Å². The fourth-order valence-electron chi connectivity index (χ4n) is 2.49. The number of fused-ring (bicyclic) bond motifs is 1. The molecule has 116 valence electrons. The number of hydrogen-bond donors (Lipinski definition) is 2. The number of benzene rings is 2. The molecule has 0 aliphatic heterocycles. The van der Waals surface area contributed by atoms with Crippen molar-refractivity contribution in [3.63, 3.8) is 0 Å². The second-order valence-corrected chi connectivity index (χ2v) is 5.32. The number of para-hydroxylation sites is 3. The number of aryl methyl sites for hydroxylation is 1. The van der Waals surface area contributed by atoms with E-state index in [2.05, 4.69) is 4.99 Å². The minimum atomic E-state index is -0.625. The fourth-order valence-corrected chi connectivity index (χ4v) is 2.49. The molecule has 2 aromatic carbocycles. The van der Waals surface area contributed by atoms with Crippen LogP contribution in [0.2, 0.25) is 0 Å². The molecule has 0 aliphatic rings. The fraction of sp³-hybridized carbons (Fsp3) is 0.111. The highest BCUT2D eigenvalue weighted by Gasteiger charge is 2.17. The van der Waals surface area contributed by atoms with E-state index in [9.17, 15) is 9.90 Å². The van der Waals surface area contributed by atoms with Gasteiger partial charge < -0.3 is 15.3 Å². The van der Waals surface area contributed by atoms with E-state index in [-0.39, 0.29) is 11.3 Å². The van der Waals surface area contributed by atoms with Crippen LogP contribution in [0.1, 0.15) is 18.1 Å². The number of aromatic hydroxyl groups is 1. The Morgan fingerprint density at radius 2 is 1.91 bits per heavy atom. The van der Waals surface area contributed by atoms with Crippen molar-refractivity contribution in [3.05, 3.63) is 64.0 Å². The van der Waals surface area contributed by atoms with E-state index in [1.807, 2.05) is 13.0 Å². The Morgan fingerprint density at radius 3 is 2.65 bits per heavy atom. The SMILES string of the molecule is CC(=Nc1ccccc1N)c1c(O)c2cccc(C)c2oc1=O. The smallest absolute Gasteiger partial charge is 0.349 e. The summed E-state index contributed by atoms with van der Waals surface area (Å²) in [6.07, 6.45) is 0. The highest BCUT2D eigenvalue weighted by atomic mass is 16.4. The van der Waals surface area contributed by atoms with Crippen LogP contribution in [0.15, 0.2) is 56.7 Å². The van der Waals surface area contributed by atoms with E-state index in [1.54, 1.807) is 43.3 Å². The molecule has 0 saturated heterocycles. The Balaban J connectivity index is 2.24. The first-order chi connectivity index (χ1) is 11.0. The van der Waals surface area contributed by atoms with E-state index in [0.717, 1.165) is 5.56 Å². The Bertz CT molecular complexity index is 987. The van der Waals surface area contributed by atoms with Crippen LogP contribution >= 0.6 is 0 Å². The molecule has 0 atom stereocenters. The lowest BCUT2D eigenvalue weighted by Crippen LogP contribution is -2.13. The lowest BCUT2D eigenvalue weighted by Gasteiger charge is -2.08. The van der Waals surface area contributed by atoms with E-state index >= 15 is 0 Å². The van der Waals surface area contributed by atoms with Gasteiger partial charge in [0.2, 0.25) is 0 Å². The molecule has 0 unspecified atom stereocenters. The number of nitrogens with two attached hydrogens (primary N) is 1. The Morgan fingerprint density at radius 1 is 1.17 bits per heavy atom. The zero-order valence-corrected chi connectivity index (χ0v) is 12.8. The minimum Gasteiger partial charge on any atom is -0.506 e. The van der Waals surface area contributed by atoms with Crippen LogP contribution in [0.5, 0.6) is 5.75 Å². The third-order valence-electron chi connectivity index (χ3n) is 3.69. The molecule has 0 saturated carbocycles. The largest absolute Gasteiger partial charge is 0.506 e. The molecule has 5 nitrogen and oxygen atoms in total. The quantitative estimate of drug-likeness (QED) is 0.430. The van der Waals surface area contributed by atoms with Gasteiger partial charge in [0.05, 0.1) is 22.5 Å². The lowest BCUT2D eigenvalue weighted by atomic mass is 10.1. The van der Waals surface area contributed by atoms with E-state index < -0.39 is 5.63 Å². The van der Waals surface area contributed by atoms with Gasteiger partial charge >= 0.3 is 5.63 Å². The summed E-state index contributed by atoms with van der Waals surface area (Å²) in [5.41, 5.74) is 7.82. The molecule has 0 amide bonds. The second-order valence-electron chi connectivity index (χ2n) is 5.32. The molecule has 0 bridgehead atoms. The number of nitrogen functional groups attached to an aromatic ring is 1. The third-order valence-corrected chi connectivity index (χ3v) is 3.69. The molecule has 0 aliphatic carbocycles. The van der Waals surface area contributed by atoms with Crippen LogP contribution in [-0.2, 0) is 0 Å². The predicted octanol–water partition coefficient (Wildman–Crippen LogP) is 3.53. The first-order valence-electron chi connectivity index (χ1n) is 7.14. The highest BCUT2D eigenvalue weighted by molar-refractivity contribution is 6.06. The Labute approximate surface area is 132 Å². The van der Waals surface area contributed by atoms with Gasteiger partial charge in [0.25, 0.3) is 0 Å². The monoisotopic (exact) mass is 308 g/mol. The number of aliphatic imine (C=N–C) groups is 1. The molecule has 0 spiro atoms. The van der Waals surface area contributed by atoms with Crippen LogP contribution < -0.4 is 11.4 Å². The van der Waals surface area contributed by atoms with Crippen LogP contribution in [0.3, 0.4) is 0 Å². The van der Waals surface area contributed by atoms with Gasteiger partial charge in [-0.2, -0.15) is 0 Å². The standard InChI is InChI=1S/C18H16N2O3/c1-10-6-5-7-12-16(21)15(18(22)23-17(10)12)11(2)20-14-9-4-3-8-13(14)19/h3-9,21H,19H2,1-2H3. The van der Waals surface area contributed by atoms with Gasteiger partial charge in [-0.15, -0.1) is 0 Å². The van der Waals surface area contributed by atoms with Gasteiger partial charge in [-0.1, -0.05) is 24.3 Å². The van der Waals surface area contributed by atoms with E-state index in [4.69, 9.17) is 10.2 Å². The lowest BCUT2D eigenvalue weighted by molar-refractivity contribution is 0.466. The minimum absolute atomic E-state index is 0.0475. The molecule has 1 aromatic heterocycles. The molecule has 0 fully saturated rings. The molecule has 0 radical (unpaired) electrons. The van der Waals surface area contributed by atoms with Gasteiger partial charge in [-0.25, -0.2) is 4.79 Å². The van der Waals surface area contributed by atoms with Crippen molar-refractivity contribution in [1.82, 2.24) is 0 Å². The maximum Gasteiger partial charge on any atom is 0.349 e. The topological polar surface area (TPSA) is 88.8 Å². The zero-order valence-electron chi connectivity index (χ0n) is 12.8. The average Bonchev–Trinajstić information content (AvgIpc) is 2.51. The molecule has 23 heavy (non-hydrogen) atoms. The van der Waals surface area contributed by atoms with Crippen molar-refractivity contribution >= 4 is 28.1 Å². The molecule has 5 heteroatoms. The molecular weight excluding hydrogens is 292 g/mol. The summed E-state index contributed by atoms with van der Waals surface area (Å²) in [6, 6.07) is 12.4. The van der Waals surface area contributed by atoms with Crippen LogP contribution in [-0.4, -0.2) is 10.8 Å². The van der Waals surface area contributed by atoms with Gasteiger partial charge in [0.15, 0.2) is 0 Å². The van der Waals surface area contributed by atoms with Crippen molar-refractivity contribution in [2.24, 2.45) is 4.99 Å². The first-order valence-corrected chi connectivity index (χ1v) is 7.14. The van der Waals surface area contributed by atoms with Crippen molar-refractivity contribution in [2.75, 3.05) is 5.73 Å². The van der Waals surface area contributed by atoms with Gasteiger partial charge in [0.1, 0.15) is 16.9 Å². The molecular formula is C18H16N2O3.